The number of hydrogen-bond donors (Lipinski definition) is 1. The van der Waals surface area contributed by atoms with Crippen LogP contribution in [-0.4, -0.2) is 65.6 Å². The lowest BCUT2D eigenvalue weighted by Crippen LogP contribution is -2.80. The highest BCUT2D eigenvalue weighted by molar-refractivity contribution is 5.13. The van der Waals surface area contributed by atoms with Crippen LogP contribution in [0.15, 0.2) is 0 Å². The molecule has 21 heavy (non-hydrogen) atoms. The van der Waals surface area contributed by atoms with Gasteiger partial charge in [-0.2, -0.15) is 0 Å². The monoisotopic (exact) mass is 294 g/mol. The number of hydrogen-bond acceptors (Lipinski definition) is 4. The van der Waals surface area contributed by atoms with Crippen LogP contribution < -0.4 is 0 Å². The molecule has 0 aromatic heterocycles. The lowest BCUT2D eigenvalue weighted by atomic mass is 9.60. The normalized spacial score (nSPS) is 58.4. The maximum Gasteiger partial charge on any atom is 0.0696 e. The Bertz CT molecular complexity index is 412. The molecule has 120 valence electrons. The summed E-state index contributed by atoms with van der Waals surface area (Å²) < 4.78 is 5.92. The van der Waals surface area contributed by atoms with Gasteiger partial charge in [0.15, 0.2) is 0 Å². The van der Waals surface area contributed by atoms with Crippen molar-refractivity contribution < 1.29 is 9.84 Å². The van der Waals surface area contributed by atoms with Crippen molar-refractivity contribution in [2.24, 2.45) is 16.7 Å². The summed E-state index contributed by atoms with van der Waals surface area (Å²) >= 11 is 0. The van der Waals surface area contributed by atoms with Crippen LogP contribution >= 0.6 is 0 Å². The molecule has 5 heterocycles. The first-order valence-electron chi connectivity index (χ1n) is 8.53. The zero-order valence-electron chi connectivity index (χ0n) is 13.9. The van der Waals surface area contributed by atoms with Crippen LogP contribution in [0.25, 0.3) is 0 Å². The largest absolute Gasteiger partial charge is 0.392 e. The van der Waals surface area contributed by atoms with E-state index in [0.29, 0.717) is 12.1 Å². The summed E-state index contributed by atoms with van der Waals surface area (Å²) in [6, 6.07) is 0. The lowest BCUT2D eigenvalue weighted by Gasteiger charge is -2.69. The van der Waals surface area contributed by atoms with Crippen molar-refractivity contribution >= 4 is 0 Å². The van der Waals surface area contributed by atoms with Gasteiger partial charge in [-0.3, -0.25) is 9.80 Å². The van der Waals surface area contributed by atoms with Gasteiger partial charge in [-0.25, -0.2) is 0 Å². The van der Waals surface area contributed by atoms with Gasteiger partial charge in [-0.1, -0.05) is 13.8 Å². The standard InChI is InChI=1S/C17H30N2O2/c1-15(2)7-12(5-6-21-15)13-18-8-16(3)9-19(13)11-17(4,10-18)14(16)20/h12-14,20H,5-11H2,1-4H3/t12-,13?,14?,16?,17?/m0/s1. The number of nitrogens with zero attached hydrogens (tertiary/aromatic N) is 2. The third-order valence-electron chi connectivity index (χ3n) is 6.48. The molecule has 0 amide bonds. The highest BCUT2D eigenvalue weighted by Crippen LogP contribution is 2.53. The Morgan fingerprint density at radius 3 is 1.95 bits per heavy atom. The maximum atomic E-state index is 10.8. The SMILES string of the molecule is CC1(C)C[C@@H](C2N3CC4(C)CN2CC(C)(C3)C4O)CCO1. The second-order valence-corrected chi connectivity index (χ2v) is 9.30. The number of ether oxygens (including phenoxy) is 1. The average molecular weight is 294 g/mol. The van der Waals surface area contributed by atoms with Gasteiger partial charge in [0.2, 0.25) is 0 Å². The van der Waals surface area contributed by atoms with Gasteiger partial charge in [0.25, 0.3) is 0 Å². The molecule has 1 N–H and O–H groups in total. The Morgan fingerprint density at radius 1 is 0.952 bits per heavy atom. The van der Waals surface area contributed by atoms with Gasteiger partial charge >= 0.3 is 0 Å². The Balaban J connectivity index is 1.60. The van der Waals surface area contributed by atoms with Crippen LogP contribution in [0, 0.1) is 16.7 Å². The van der Waals surface area contributed by atoms with E-state index in [9.17, 15) is 5.11 Å². The Labute approximate surface area is 128 Å². The van der Waals surface area contributed by atoms with E-state index < -0.39 is 0 Å². The van der Waals surface area contributed by atoms with Crippen molar-refractivity contribution in [3.63, 3.8) is 0 Å². The zero-order chi connectivity index (χ0) is 15.0. The third kappa shape index (κ3) is 2.03. The average Bonchev–Trinajstić information content (AvgIpc) is 2.33. The van der Waals surface area contributed by atoms with Crippen LogP contribution in [0.5, 0.6) is 0 Å². The summed E-state index contributed by atoms with van der Waals surface area (Å²) in [6.07, 6.45) is 2.75. The van der Waals surface area contributed by atoms with Gasteiger partial charge in [0.1, 0.15) is 0 Å². The van der Waals surface area contributed by atoms with Crippen molar-refractivity contribution in [2.45, 2.75) is 58.4 Å². The minimum atomic E-state index is -0.149. The minimum absolute atomic E-state index is 0.0210. The van der Waals surface area contributed by atoms with Crippen molar-refractivity contribution in [3.05, 3.63) is 0 Å². The van der Waals surface area contributed by atoms with E-state index in [1.165, 1.54) is 6.42 Å². The van der Waals surface area contributed by atoms with Gasteiger partial charge in [0, 0.05) is 43.6 Å². The van der Waals surface area contributed by atoms with Crippen LogP contribution in [0.4, 0.5) is 0 Å². The number of aliphatic hydroxyl groups is 1. The molecular formula is C17H30N2O2. The molecule has 5 saturated heterocycles. The van der Waals surface area contributed by atoms with E-state index in [1.54, 1.807) is 0 Å². The molecule has 0 spiro atoms. The van der Waals surface area contributed by atoms with Crippen LogP contribution in [-0.2, 0) is 4.74 Å². The molecule has 5 rings (SSSR count). The quantitative estimate of drug-likeness (QED) is 0.796. The Morgan fingerprint density at radius 2 is 1.48 bits per heavy atom. The second-order valence-electron chi connectivity index (χ2n) is 9.30. The van der Waals surface area contributed by atoms with Gasteiger partial charge in [-0.05, 0) is 32.6 Å². The van der Waals surface area contributed by atoms with E-state index in [4.69, 9.17) is 4.74 Å². The van der Waals surface area contributed by atoms with E-state index in [-0.39, 0.29) is 22.5 Å². The van der Waals surface area contributed by atoms with Gasteiger partial charge < -0.3 is 9.84 Å². The highest BCUT2D eigenvalue weighted by atomic mass is 16.5. The molecule has 5 fully saturated rings. The number of piperidine rings is 2. The van der Waals surface area contributed by atoms with Gasteiger partial charge in [-0.15, -0.1) is 0 Å². The molecular weight excluding hydrogens is 264 g/mol. The van der Waals surface area contributed by atoms with Crippen molar-refractivity contribution in [1.82, 2.24) is 9.80 Å². The summed E-state index contributed by atoms with van der Waals surface area (Å²) in [5.74, 6) is 0.707. The molecule has 0 aromatic rings. The smallest absolute Gasteiger partial charge is 0.0696 e. The molecule has 1 atom stereocenters. The fourth-order valence-corrected chi connectivity index (χ4v) is 5.99. The summed E-state index contributed by atoms with van der Waals surface area (Å²) in [5.41, 5.74) is 0.137. The van der Waals surface area contributed by atoms with Crippen LogP contribution in [0.3, 0.4) is 0 Å². The van der Waals surface area contributed by atoms with Crippen LogP contribution in [0.1, 0.15) is 40.5 Å². The number of aliphatic hydroxyl groups excluding tert-OH is 1. The maximum absolute atomic E-state index is 10.8. The zero-order valence-corrected chi connectivity index (χ0v) is 13.9. The first kappa shape index (κ1) is 14.4. The van der Waals surface area contributed by atoms with E-state index in [1.807, 2.05) is 0 Å². The highest BCUT2D eigenvalue weighted by Gasteiger charge is 2.62. The van der Waals surface area contributed by atoms with Crippen molar-refractivity contribution in [1.29, 1.82) is 0 Å². The van der Waals surface area contributed by atoms with E-state index in [0.717, 1.165) is 39.2 Å². The third-order valence-corrected chi connectivity index (χ3v) is 6.48. The Hall–Kier alpha value is -0.160. The topological polar surface area (TPSA) is 35.9 Å². The molecule has 4 heteroatoms. The lowest BCUT2D eigenvalue weighted by molar-refractivity contribution is -0.267. The molecule has 5 aliphatic heterocycles. The fraction of sp³-hybridized carbons (Fsp3) is 1.00. The van der Waals surface area contributed by atoms with Crippen molar-refractivity contribution in [2.75, 3.05) is 32.8 Å². The van der Waals surface area contributed by atoms with E-state index >= 15 is 0 Å². The molecule has 5 aliphatic rings. The molecule has 0 radical (unpaired) electrons. The summed E-state index contributed by atoms with van der Waals surface area (Å²) in [6.45, 7) is 14.1. The molecule has 0 aromatic carbocycles. The first-order chi connectivity index (χ1) is 9.73. The summed E-state index contributed by atoms with van der Waals surface area (Å²) in [7, 11) is 0. The first-order valence-corrected chi connectivity index (χ1v) is 8.53. The summed E-state index contributed by atoms with van der Waals surface area (Å²) in [5, 5.41) is 10.8. The second kappa shape index (κ2) is 4.22. The predicted molar refractivity (Wildman–Crippen MR) is 81.9 cm³/mol. The predicted octanol–water partition coefficient (Wildman–Crippen LogP) is 1.54. The molecule has 4 bridgehead atoms. The van der Waals surface area contributed by atoms with Crippen molar-refractivity contribution in [3.8, 4) is 0 Å². The fourth-order valence-electron chi connectivity index (χ4n) is 5.99. The molecule has 0 unspecified atom stereocenters. The van der Waals surface area contributed by atoms with Gasteiger partial charge in [0.05, 0.1) is 17.9 Å². The summed E-state index contributed by atoms with van der Waals surface area (Å²) in [4.78, 5) is 5.34. The molecule has 0 aliphatic carbocycles. The van der Waals surface area contributed by atoms with Crippen LogP contribution in [0.2, 0.25) is 0 Å². The Kier molecular flexibility index (Phi) is 2.90. The molecule has 4 nitrogen and oxygen atoms in total. The minimum Gasteiger partial charge on any atom is -0.392 e. The molecule has 0 saturated carbocycles. The number of rotatable bonds is 1. The van der Waals surface area contributed by atoms with E-state index in [2.05, 4.69) is 37.5 Å².